The van der Waals surface area contributed by atoms with E-state index in [4.69, 9.17) is 0 Å². The normalized spacial score (nSPS) is 14.0. The Labute approximate surface area is 147 Å². The van der Waals surface area contributed by atoms with E-state index in [0.29, 0.717) is 24.2 Å². The van der Waals surface area contributed by atoms with Gasteiger partial charge in [-0.25, -0.2) is 9.18 Å². The molecule has 0 spiro atoms. The molecule has 0 saturated carbocycles. The van der Waals surface area contributed by atoms with Crippen molar-refractivity contribution in [2.24, 2.45) is 0 Å². The molecule has 2 N–H and O–H groups in total. The standard InChI is InChI=1S/C17H18F4N4O/c18-11-5-7-12(8-6-11)23-16(26)22-9-10-25-14-4-2-1-3-13(14)15(24-25)17(19,20)21/h5-8H,1-4,9-10H2,(H2,22,23,26). The van der Waals surface area contributed by atoms with Crippen LogP contribution in [0, 0.1) is 5.82 Å². The highest BCUT2D eigenvalue weighted by Gasteiger charge is 2.39. The molecular weight excluding hydrogens is 352 g/mol. The van der Waals surface area contributed by atoms with Crippen molar-refractivity contribution in [2.75, 3.05) is 11.9 Å². The van der Waals surface area contributed by atoms with E-state index < -0.39 is 23.7 Å². The smallest absolute Gasteiger partial charge is 0.336 e. The van der Waals surface area contributed by atoms with Crippen LogP contribution in [-0.4, -0.2) is 22.4 Å². The van der Waals surface area contributed by atoms with Gasteiger partial charge in [0, 0.05) is 23.5 Å². The molecule has 0 fully saturated rings. The van der Waals surface area contributed by atoms with E-state index in [2.05, 4.69) is 15.7 Å². The van der Waals surface area contributed by atoms with Crippen LogP contribution in [0.25, 0.3) is 0 Å². The fourth-order valence-corrected chi connectivity index (χ4v) is 3.07. The zero-order valence-electron chi connectivity index (χ0n) is 13.9. The Bertz CT molecular complexity index is 783. The lowest BCUT2D eigenvalue weighted by Crippen LogP contribution is -2.32. The van der Waals surface area contributed by atoms with E-state index in [9.17, 15) is 22.4 Å². The first-order chi connectivity index (χ1) is 12.3. The number of carbonyl (C=O) groups is 1. The van der Waals surface area contributed by atoms with Gasteiger partial charge in [0.15, 0.2) is 5.69 Å². The minimum atomic E-state index is -4.47. The van der Waals surface area contributed by atoms with Gasteiger partial charge in [-0.2, -0.15) is 18.3 Å². The van der Waals surface area contributed by atoms with Crippen LogP contribution in [0.4, 0.5) is 28.0 Å². The van der Waals surface area contributed by atoms with E-state index >= 15 is 0 Å². The van der Waals surface area contributed by atoms with Gasteiger partial charge in [0.25, 0.3) is 0 Å². The largest absolute Gasteiger partial charge is 0.435 e. The third-order valence-corrected chi connectivity index (χ3v) is 4.24. The first-order valence-electron chi connectivity index (χ1n) is 8.31. The molecular formula is C17H18F4N4O. The molecule has 0 saturated heterocycles. The van der Waals surface area contributed by atoms with Gasteiger partial charge in [-0.1, -0.05) is 0 Å². The van der Waals surface area contributed by atoms with Gasteiger partial charge in [0.05, 0.1) is 6.54 Å². The second kappa shape index (κ2) is 7.35. The molecule has 0 unspecified atom stereocenters. The Balaban J connectivity index is 1.60. The number of nitrogens with one attached hydrogen (secondary N) is 2. The quantitative estimate of drug-likeness (QED) is 0.806. The van der Waals surface area contributed by atoms with Crippen LogP contribution < -0.4 is 10.6 Å². The van der Waals surface area contributed by atoms with Gasteiger partial charge in [0.1, 0.15) is 5.82 Å². The number of benzene rings is 1. The number of halogens is 4. The van der Waals surface area contributed by atoms with Crippen LogP contribution in [0.5, 0.6) is 0 Å². The maximum atomic E-state index is 13.1. The molecule has 1 aromatic carbocycles. The first-order valence-corrected chi connectivity index (χ1v) is 8.31. The Morgan fingerprint density at radius 1 is 1.15 bits per heavy atom. The Morgan fingerprint density at radius 2 is 1.85 bits per heavy atom. The lowest BCUT2D eigenvalue weighted by Gasteiger charge is -2.15. The molecule has 140 valence electrons. The number of hydrogen-bond acceptors (Lipinski definition) is 2. The number of urea groups is 1. The van der Waals surface area contributed by atoms with Crippen LogP contribution in [0.15, 0.2) is 24.3 Å². The second-order valence-electron chi connectivity index (χ2n) is 6.09. The van der Waals surface area contributed by atoms with E-state index in [0.717, 1.165) is 12.8 Å². The molecule has 1 aliphatic carbocycles. The number of carbonyl (C=O) groups excluding carboxylic acids is 1. The predicted molar refractivity (Wildman–Crippen MR) is 87.3 cm³/mol. The zero-order chi connectivity index (χ0) is 18.7. The molecule has 9 heteroatoms. The minimum Gasteiger partial charge on any atom is -0.336 e. The van der Waals surface area contributed by atoms with Crippen LogP contribution in [0.2, 0.25) is 0 Å². The molecule has 2 amide bonds. The number of hydrogen-bond donors (Lipinski definition) is 2. The highest BCUT2D eigenvalue weighted by atomic mass is 19.4. The van der Waals surface area contributed by atoms with Crippen LogP contribution in [0.1, 0.15) is 29.8 Å². The summed E-state index contributed by atoms with van der Waals surface area (Å²) in [6.45, 7) is 0.272. The molecule has 1 aliphatic rings. The minimum absolute atomic E-state index is 0.123. The third kappa shape index (κ3) is 4.14. The summed E-state index contributed by atoms with van der Waals surface area (Å²) in [6, 6.07) is 4.73. The van der Waals surface area contributed by atoms with Gasteiger partial charge in [-0.3, -0.25) is 4.68 Å². The van der Waals surface area contributed by atoms with Gasteiger partial charge >= 0.3 is 12.2 Å². The van der Waals surface area contributed by atoms with E-state index in [1.807, 2.05) is 0 Å². The topological polar surface area (TPSA) is 59.0 Å². The van der Waals surface area contributed by atoms with Crippen molar-refractivity contribution < 1.29 is 22.4 Å². The lowest BCUT2D eigenvalue weighted by molar-refractivity contribution is -0.142. The second-order valence-corrected chi connectivity index (χ2v) is 6.09. The van der Waals surface area contributed by atoms with Crippen molar-refractivity contribution in [1.82, 2.24) is 15.1 Å². The molecule has 0 radical (unpaired) electrons. The first kappa shape index (κ1) is 18.2. The highest BCUT2D eigenvalue weighted by molar-refractivity contribution is 5.89. The van der Waals surface area contributed by atoms with Crippen molar-refractivity contribution in [1.29, 1.82) is 0 Å². The monoisotopic (exact) mass is 370 g/mol. The number of aromatic nitrogens is 2. The van der Waals surface area contributed by atoms with Gasteiger partial charge < -0.3 is 10.6 Å². The molecule has 0 bridgehead atoms. The summed E-state index contributed by atoms with van der Waals surface area (Å²) in [7, 11) is 0. The summed E-state index contributed by atoms with van der Waals surface area (Å²) in [5.41, 5.74) is 0.478. The Morgan fingerprint density at radius 3 is 2.54 bits per heavy atom. The van der Waals surface area contributed by atoms with Crippen LogP contribution in [0.3, 0.4) is 0 Å². The lowest BCUT2D eigenvalue weighted by atomic mass is 9.95. The molecule has 2 aromatic rings. The maximum absolute atomic E-state index is 13.1. The van der Waals surface area contributed by atoms with E-state index in [-0.39, 0.29) is 18.7 Å². The van der Waals surface area contributed by atoms with Gasteiger partial charge in [-0.05, 0) is 49.9 Å². The fourth-order valence-electron chi connectivity index (χ4n) is 3.07. The van der Waals surface area contributed by atoms with Crippen molar-refractivity contribution >= 4 is 11.7 Å². The average molecular weight is 370 g/mol. The summed E-state index contributed by atoms with van der Waals surface area (Å²) in [6.07, 6.45) is -1.99. The average Bonchev–Trinajstić information content (AvgIpc) is 2.96. The summed E-state index contributed by atoms with van der Waals surface area (Å²) in [5, 5.41) is 8.82. The summed E-state index contributed by atoms with van der Waals surface area (Å²) in [4.78, 5) is 11.8. The fraction of sp³-hybridized carbons (Fsp3) is 0.412. The number of amides is 2. The van der Waals surface area contributed by atoms with Crippen molar-refractivity contribution in [3.05, 3.63) is 47.0 Å². The van der Waals surface area contributed by atoms with Crippen molar-refractivity contribution in [3.63, 3.8) is 0 Å². The van der Waals surface area contributed by atoms with Crippen molar-refractivity contribution in [3.8, 4) is 0 Å². The molecule has 5 nitrogen and oxygen atoms in total. The van der Waals surface area contributed by atoms with E-state index in [1.165, 1.54) is 28.9 Å². The zero-order valence-corrected chi connectivity index (χ0v) is 13.9. The highest BCUT2D eigenvalue weighted by Crippen LogP contribution is 2.35. The van der Waals surface area contributed by atoms with Crippen LogP contribution >= 0.6 is 0 Å². The third-order valence-electron chi connectivity index (χ3n) is 4.24. The van der Waals surface area contributed by atoms with Crippen molar-refractivity contribution in [2.45, 2.75) is 38.4 Å². The number of anilines is 1. The molecule has 26 heavy (non-hydrogen) atoms. The number of alkyl halides is 3. The summed E-state index contributed by atoms with van der Waals surface area (Å²) in [5.74, 6) is -0.417. The Hall–Kier alpha value is -2.58. The Kier molecular flexibility index (Phi) is 5.15. The van der Waals surface area contributed by atoms with Gasteiger partial charge in [0.2, 0.25) is 0 Å². The van der Waals surface area contributed by atoms with Gasteiger partial charge in [-0.15, -0.1) is 0 Å². The number of rotatable bonds is 4. The molecule has 0 atom stereocenters. The molecule has 1 aromatic heterocycles. The van der Waals surface area contributed by atoms with Crippen LogP contribution in [-0.2, 0) is 25.6 Å². The number of nitrogens with zero attached hydrogens (tertiary/aromatic N) is 2. The van der Waals surface area contributed by atoms with E-state index in [1.54, 1.807) is 0 Å². The summed E-state index contributed by atoms with van der Waals surface area (Å²) >= 11 is 0. The molecule has 3 rings (SSSR count). The molecule has 1 heterocycles. The summed E-state index contributed by atoms with van der Waals surface area (Å²) < 4.78 is 53.5. The SMILES string of the molecule is O=C(NCCn1nc(C(F)(F)F)c2c1CCCC2)Nc1ccc(F)cc1. The molecule has 0 aliphatic heterocycles. The predicted octanol–water partition coefficient (Wildman–Crippen LogP) is 3.74. The maximum Gasteiger partial charge on any atom is 0.435 e. The number of fused-ring (bicyclic) bond motifs is 1.